The fourth-order valence-corrected chi connectivity index (χ4v) is 6.95. The first-order valence-corrected chi connectivity index (χ1v) is 16.2. The van der Waals surface area contributed by atoms with E-state index in [4.69, 9.17) is 4.74 Å². The number of sulfonamides is 1. The van der Waals surface area contributed by atoms with E-state index in [1.165, 1.54) is 22.7 Å². The summed E-state index contributed by atoms with van der Waals surface area (Å²) in [5, 5.41) is 3.03. The number of carbonyl (C=O) groups excluding carboxylic acids is 2. The normalized spacial score (nSPS) is 16.6. The van der Waals surface area contributed by atoms with Crippen LogP contribution in [0.15, 0.2) is 65.1 Å². The van der Waals surface area contributed by atoms with E-state index < -0.39 is 16.1 Å². The van der Waals surface area contributed by atoms with Gasteiger partial charge in [-0.05, 0) is 93.7 Å². The Bertz CT molecular complexity index is 1300. The van der Waals surface area contributed by atoms with Gasteiger partial charge in [0, 0.05) is 32.6 Å². The van der Waals surface area contributed by atoms with Crippen molar-refractivity contribution in [3.8, 4) is 5.75 Å². The summed E-state index contributed by atoms with van der Waals surface area (Å²) in [5.74, 6) is 0.427. The third-order valence-electron chi connectivity index (χ3n) is 8.06. The maximum absolute atomic E-state index is 13.5. The Morgan fingerprint density at radius 3 is 2.27 bits per heavy atom. The standard InChI is InChI=1S/C32H43N3O5S/c1-25(32(37)33-21-20-26-8-4-3-5-9-26)35(24-28-10-15-29(40-2)16-11-28)31(36)19-14-27-12-17-30(18-13-27)41(38,39)34-22-6-7-23-34/h8,10-13,15-18,25H,3-7,9,14,19-24H2,1-2H3,(H,33,37)/t25-/m0/s1. The summed E-state index contributed by atoms with van der Waals surface area (Å²) in [7, 11) is -1.87. The SMILES string of the molecule is COc1ccc(CN(C(=O)CCc2ccc(S(=O)(=O)N3CCCC3)cc2)[C@@H](C)C(=O)NCCC2=CCCCC2)cc1. The molecular weight excluding hydrogens is 538 g/mol. The molecule has 1 aliphatic heterocycles. The van der Waals surface area contributed by atoms with Crippen molar-refractivity contribution in [2.45, 2.75) is 82.2 Å². The van der Waals surface area contributed by atoms with E-state index >= 15 is 0 Å². The molecule has 1 N–H and O–H groups in total. The van der Waals surface area contributed by atoms with Crippen molar-refractivity contribution in [2.24, 2.45) is 0 Å². The van der Waals surface area contributed by atoms with Crippen LogP contribution in [-0.2, 0) is 32.6 Å². The highest BCUT2D eigenvalue weighted by Gasteiger charge is 2.28. The van der Waals surface area contributed by atoms with Gasteiger partial charge in [0.1, 0.15) is 11.8 Å². The second-order valence-corrected chi connectivity index (χ2v) is 12.9. The van der Waals surface area contributed by atoms with Crippen LogP contribution in [0.3, 0.4) is 0 Å². The third-order valence-corrected chi connectivity index (χ3v) is 9.98. The number of aryl methyl sites for hydroxylation is 1. The van der Waals surface area contributed by atoms with E-state index in [1.54, 1.807) is 43.2 Å². The fraction of sp³-hybridized carbons (Fsp3) is 0.500. The zero-order chi connectivity index (χ0) is 29.2. The molecule has 0 aromatic heterocycles. The number of nitrogens with one attached hydrogen (secondary N) is 1. The Labute approximate surface area is 244 Å². The second kappa shape index (κ2) is 14.6. The number of nitrogens with zero attached hydrogens (tertiary/aromatic N) is 2. The number of methoxy groups -OCH3 is 1. The number of allylic oxidation sites excluding steroid dienone is 1. The first kappa shape index (κ1) is 30.8. The molecule has 41 heavy (non-hydrogen) atoms. The lowest BCUT2D eigenvalue weighted by atomic mass is 9.97. The molecule has 0 unspecified atom stereocenters. The molecule has 222 valence electrons. The Morgan fingerprint density at radius 1 is 0.951 bits per heavy atom. The number of benzene rings is 2. The number of rotatable bonds is 13. The highest BCUT2D eigenvalue weighted by molar-refractivity contribution is 7.89. The number of ether oxygens (including phenoxy) is 1. The predicted molar refractivity (Wildman–Crippen MR) is 160 cm³/mol. The summed E-state index contributed by atoms with van der Waals surface area (Å²) >= 11 is 0. The Morgan fingerprint density at radius 2 is 1.63 bits per heavy atom. The largest absolute Gasteiger partial charge is 0.497 e. The van der Waals surface area contributed by atoms with Crippen molar-refractivity contribution < 1.29 is 22.7 Å². The summed E-state index contributed by atoms with van der Waals surface area (Å²) in [6.07, 6.45) is 10.2. The zero-order valence-corrected chi connectivity index (χ0v) is 25.1. The quantitative estimate of drug-likeness (QED) is 0.342. The molecule has 2 aliphatic rings. The minimum absolute atomic E-state index is 0.132. The molecule has 1 heterocycles. The first-order chi connectivity index (χ1) is 19.8. The second-order valence-electron chi connectivity index (χ2n) is 11.0. The molecular formula is C32H43N3O5S. The van der Waals surface area contributed by atoms with E-state index in [1.807, 2.05) is 24.3 Å². The first-order valence-electron chi connectivity index (χ1n) is 14.7. The van der Waals surface area contributed by atoms with Crippen LogP contribution >= 0.6 is 0 Å². The van der Waals surface area contributed by atoms with Crippen LogP contribution < -0.4 is 10.1 Å². The van der Waals surface area contributed by atoms with Crippen LogP contribution in [0.4, 0.5) is 0 Å². The van der Waals surface area contributed by atoms with Gasteiger partial charge in [0.05, 0.1) is 12.0 Å². The lowest BCUT2D eigenvalue weighted by Crippen LogP contribution is -2.47. The van der Waals surface area contributed by atoms with Crippen LogP contribution in [0.5, 0.6) is 5.75 Å². The molecule has 9 heteroatoms. The van der Waals surface area contributed by atoms with E-state index in [0.29, 0.717) is 32.6 Å². The number of hydrogen-bond acceptors (Lipinski definition) is 5. The maximum atomic E-state index is 13.5. The van der Waals surface area contributed by atoms with Gasteiger partial charge in [0.15, 0.2) is 0 Å². The van der Waals surface area contributed by atoms with Crippen molar-refractivity contribution in [2.75, 3.05) is 26.7 Å². The van der Waals surface area contributed by atoms with E-state index in [9.17, 15) is 18.0 Å². The van der Waals surface area contributed by atoms with Crippen molar-refractivity contribution in [1.82, 2.24) is 14.5 Å². The Kier molecular flexibility index (Phi) is 11.0. The molecule has 0 radical (unpaired) electrons. The number of carbonyl (C=O) groups is 2. The highest BCUT2D eigenvalue weighted by Crippen LogP contribution is 2.22. The van der Waals surface area contributed by atoms with Gasteiger partial charge in [-0.15, -0.1) is 0 Å². The average Bonchev–Trinajstić information content (AvgIpc) is 3.56. The molecule has 2 aromatic carbocycles. The maximum Gasteiger partial charge on any atom is 0.243 e. The van der Waals surface area contributed by atoms with E-state index in [2.05, 4.69) is 11.4 Å². The molecule has 0 spiro atoms. The third kappa shape index (κ3) is 8.42. The van der Waals surface area contributed by atoms with E-state index in [-0.39, 0.29) is 23.1 Å². The fourth-order valence-electron chi connectivity index (χ4n) is 5.44. The molecule has 1 atom stereocenters. The topological polar surface area (TPSA) is 96.0 Å². The lowest BCUT2D eigenvalue weighted by Gasteiger charge is -2.29. The molecule has 1 aliphatic carbocycles. The molecule has 1 saturated heterocycles. The Balaban J connectivity index is 1.39. The van der Waals surface area contributed by atoms with Gasteiger partial charge >= 0.3 is 0 Å². The minimum atomic E-state index is -3.47. The molecule has 0 bridgehead atoms. The van der Waals surface area contributed by atoms with Gasteiger partial charge in [0.2, 0.25) is 21.8 Å². The molecule has 8 nitrogen and oxygen atoms in total. The van der Waals surface area contributed by atoms with Gasteiger partial charge in [-0.25, -0.2) is 8.42 Å². The average molecular weight is 582 g/mol. The summed E-state index contributed by atoms with van der Waals surface area (Å²) in [4.78, 5) is 28.6. The molecule has 4 rings (SSSR count). The van der Waals surface area contributed by atoms with Crippen molar-refractivity contribution in [1.29, 1.82) is 0 Å². The number of hydrogen-bond donors (Lipinski definition) is 1. The van der Waals surface area contributed by atoms with Crippen LogP contribution in [0, 0.1) is 0 Å². The predicted octanol–water partition coefficient (Wildman–Crippen LogP) is 4.84. The molecule has 1 fully saturated rings. The van der Waals surface area contributed by atoms with Crippen LogP contribution in [0.25, 0.3) is 0 Å². The zero-order valence-electron chi connectivity index (χ0n) is 24.3. The van der Waals surface area contributed by atoms with E-state index in [0.717, 1.165) is 49.0 Å². The van der Waals surface area contributed by atoms with Crippen LogP contribution in [0.1, 0.15) is 69.4 Å². The van der Waals surface area contributed by atoms with Gasteiger partial charge in [-0.1, -0.05) is 35.9 Å². The van der Waals surface area contributed by atoms with Crippen LogP contribution in [0.2, 0.25) is 0 Å². The van der Waals surface area contributed by atoms with Gasteiger partial charge in [-0.3, -0.25) is 9.59 Å². The smallest absolute Gasteiger partial charge is 0.243 e. The summed E-state index contributed by atoms with van der Waals surface area (Å²) < 4.78 is 32.5. The van der Waals surface area contributed by atoms with Gasteiger partial charge in [0.25, 0.3) is 0 Å². The van der Waals surface area contributed by atoms with Crippen molar-refractivity contribution >= 4 is 21.8 Å². The van der Waals surface area contributed by atoms with Crippen molar-refractivity contribution in [3.63, 3.8) is 0 Å². The molecule has 2 aromatic rings. The summed E-state index contributed by atoms with van der Waals surface area (Å²) in [5.41, 5.74) is 3.18. The minimum Gasteiger partial charge on any atom is -0.497 e. The summed E-state index contributed by atoms with van der Waals surface area (Å²) in [6.45, 7) is 3.76. The summed E-state index contributed by atoms with van der Waals surface area (Å²) in [6, 6.07) is 13.7. The van der Waals surface area contributed by atoms with Crippen LogP contribution in [-0.4, -0.2) is 62.2 Å². The lowest BCUT2D eigenvalue weighted by molar-refractivity contribution is -0.140. The monoisotopic (exact) mass is 581 g/mol. The molecule has 2 amide bonds. The number of amides is 2. The highest BCUT2D eigenvalue weighted by atomic mass is 32.2. The van der Waals surface area contributed by atoms with Gasteiger partial charge in [-0.2, -0.15) is 4.31 Å². The van der Waals surface area contributed by atoms with Gasteiger partial charge < -0.3 is 15.0 Å². The van der Waals surface area contributed by atoms with Crippen molar-refractivity contribution in [3.05, 3.63) is 71.3 Å². The molecule has 0 saturated carbocycles. The Hall–Kier alpha value is -3.17.